The van der Waals surface area contributed by atoms with E-state index >= 15 is 0 Å². The second-order valence-corrected chi connectivity index (χ2v) is 8.42. The molecule has 0 aliphatic carbocycles. The minimum Gasteiger partial charge on any atom is -0.493 e. The van der Waals surface area contributed by atoms with Gasteiger partial charge in [0.15, 0.2) is 0 Å². The fourth-order valence-corrected chi connectivity index (χ4v) is 5.23. The highest BCUT2D eigenvalue weighted by Crippen LogP contribution is 2.55. The minimum atomic E-state index is -0.753. The molecule has 0 bridgehead atoms. The Kier molecular flexibility index (Phi) is 4.36. The van der Waals surface area contributed by atoms with E-state index in [0.29, 0.717) is 13.2 Å². The van der Waals surface area contributed by atoms with Crippen molar-refractivity contribution in [1.29, 1.82) is 0 Å². The number of amides is 1. The standard InChI is InChI=1S/C18H14BrNO3.C4H8O/c1-20-13-4-2-3-12(19)16(13)18(17(20)21)9-23-15-8-14-10(5-6-22-14)7-11(15)18;1-2-4-5-3-1/h2-4,7-8H,5-6,9H2,1H3;1-4H2. The fourth-order valence-electron chi connectivity index (χ4n) is 4.53. The first-order chi connectivity index (χ1) is 13.6. The van der Waals surface area contributed by atoms with Gasteiger partial charge in [0.1, 0.15) is 23.5 Å². The summed E-state index contributed by atoms with van der Waals surface area (Å²) in [6, 6.07) is 9.97. The number of rotatable bonds is 0. The predicted octanol–water partition coefficient (Wildman–Crippen LogP) is 3.84. The first kappa shape index (κ1) is 18.0. The number of likely N-dealkylation sites (N-methyl/N-ethyl adjacent to an activating group) is 1. The van der Waals surface area contributed by atoms with E-state index in [1.54, 1.807) is 4.90 Å². The molecule has 1 spiro atoms. The van der Waals surface area contributed by atoms with Crippen molar-refractivity contribution in [2.45, 2.75) is 24.7 Å². The number of halogens is 1. The van der Waals surface area contributed by atoms with Gasteiger partial charge in [0.05, 0.1) is 6.61 Å². The van der Waals surface area contributed by atoms with Gasteiger partial charge in [0, 0.05) is 54.0 Å². The summed E-state index contributed by atoms with van der Waals surface area (Å²) in [7, 11) is 1.83. The second-order valence-electron chi connectivity index (χ2n) is 7.57. The Balaban J connectivity index is 0.000000300. The molecular formula is C22H22BrNO4. The topological polar surface area (TPSA) is 48.0 Å². The van der Waals surface area contributed by atoms with Crippen molar-refractivity contribution >= 4 is 27.5 Å². The average molecular weight is 444 g/mol. The number of anilines is 1. The van der Waals surface area contributed by atoms with Gasteiger partial charge in [0.2, 0.25) is 5.91 Å². The lowest BCUT2D eigenvalue weighted by Gasteiger charge is -2.22. The molecule has 1 amide bonds. The summed E-state index contributed by atoms with van der Waals surface area (Å²) in [5, 5.41) is 0. The molecule has 4 aliphatic heterocycles. The van der Waals surface area contributed by atoms with Crippen LogP contribution in [0.3, 0.4) is 0 Å². The maximum absolute atomic E-state index is 13.2. The molecule has 1 unspecified atom stereocenters. The molecule has 0 N–H and O–H groups in total. The lowest BCUT2D eigenvalue weighted by atomic mass is 9.76. The highest BCUT2D eigenvalue weighted by molar-refractivity contribution is 9.10. The molecule has 6 rings (SSSR count). The van der Waals surface area contributed by atoms with E-state index in [-0.39, 0.29) is 5.91 Å². The van der Waals surface area contributed by atoms with E-state index < -0.39 is 5.41 Å². The van der Waals surface area contributed by atoms with Crippen LogP contribution in [0.15, 0.2) is 34.8 Å². The summed E-state index contributed by atoms with van der Waals surface area (Å²) in [5.41, 5.74) is 3.31. The molecule has 2 aromatic rings. The largest absolute Gasteiger partial charge is 0.493 e. The Morgan fingerprint density at radius 3 is 2.64 bits per heavy atom. The van der Waals surface area contributed by atoms with Gasteiger partial charge in [-0.2, -0.15) is 0 Å². The third-order valence-corrected chi connectivity index (χ3v) is 6.63. The molecule has 5 nitrogen and oxygen atoms in total. The summed E-state index contributed by atoms with van der Waals surface area (Å²) in [6.45, 7) is 3.03. The summed E-state index contributed by atoms with van der Waals surface area (Å²) in [4.78, 5) is 14.9. The van der Waals surface area contributed by atoms with Gasteiger partial charge in [-0.1, -0.05) is 22.0 Å². The molecule has 0 radical (unpaired) electrons. The van der Waals surface area contributed by atoms with E-state index in [1.165, 1.54) is 12.8 Å². The minimum absolute atomic E-state index is 0.0667. The zero-order valence-corrected chi connectivity index (χ0v) is 17.4. The molecule has 28 heavy (non-hydrogen) atoms. The van der Waals surface area contributed by atoms with Crippen molar-refractivity contribution in [2.75, 3.05) is 38.4 Å². The van der Waals surface area contributed by atoms with Crippen LogP contribution >= 0.6 is 15.9 Å². The molecular weight excluding hydrogens is 422 g/mol. The quantitative estimate of drug-likeness (QED) is 0.620. The van der Waals surface area contributed by atoms with Crippen LogP contribution in [0.2, 0.25) is 0 Å². The van der Waals surface area contributed by atoms with Crippen LogP contribution < -0.4 is 14.4 Å². The van der Waals surface area contributed by atoms with Crippen molar-refractivity contribution in [3.8, 4) is 11.5 Å². The van der Waals surface area contributed by atoms with Crippen molar-refractivity contribution in [3.63, 3.8) is 0 Å². The van der Waals surface area contributed by atoms with E-state index in [1.807, 2.05) is 31.3 Å². The van der Waals surface area contributed by atoms with E-state index in [4.69, 9.17) is 14.2 Å². The summed E-state index contributed by atoms with van der Waals surface area (Å²) >= 11 is 3.64. The van der Waals surface area contributed by atoms with Crippen LogP contribution in [0.1, 0.15) is 29.5 Å². The average Bonchev–Trinajstić information content (AvgIpc) is 3.48. The lowest BCUT2D eigenvalue weighted by molar-refractivity contribution is -0.121. The summed E-state index contributed by atoms with van der Waals surface area (Å²) in [6.07, 6.45) is 3.44. The van der Waals surface area contributed by atoms with Gasteiger partial charge in [-0.3, -0.25) is 4.79 Å². The normalized spacial score (nSPS) is 23.6. The van der Waals surface area contributed by atoms with Crippen LogP contribution in [-0.4, -0.2) is 39.4 Å². The summed E-state index contributed by atoms with van der Waals surface area (Å²) in [5.74, 6) is 1.71. The van der Waals surface area contributed by atoms with Crippen LogP contribution in [0, 0.1) is 0 Å². The molecule has 1 fully saturated rings. The van der Waals surface area contributed by atoms with Crippen LogP contribution in [0.5, 0.6) is 11.5 Å². The summed E-state index contributed by atoms with van der Waals surface area (Å²) < 4.78 is 17.5. The highest BCUT2D eigenvalue weighted by Gasteiger charge is 2.57. The monoisotopic (exact) mass is 443 g/mol. The molecule has 4 aliphatic rings. The molecule has 6 heteroatoms. The number of hydrogen-bond acceptors (Lipinski definition) is 4. The third-order valence-electron chi connectivity index (χ3n) is 5.97. The van der Waals surface area contributed by atoms with Crippen LogP contribution in [-0.2, 0) is 21.4 Å². The first-order valence-corrected chi connectivity index (χ1v) is 10.5. The van der Waals surface area contributed by atoms with Crippen molar-refractivity contribution in [2.24, 2.45) is 0 Å². The van der Waals surface area contributed by atoms with Gasteiger partial charge in [-0.25, -0.2) is 0 Å². The van der Waals surface area contributed by atoms with Crippen molar-refractivity contribution in [1.82, 2.24) is 0 Å². The fraction of sp³-hybridized carbons (Fsp3) is 0.409. The molecule has 2 aromatic carbocycles. The number of hydrogen-bond donors (Lipinski definition) is 0. The van der Waals surface area contributed by atoms with Gasteiger partial charge in [-0.15, -0.1) is 0 Å². The van der Waals surface area contributed by atoms with Gasteiger partial charge in [0.25, 0.3) is 0 Å². The molecule has 0 aromatic heterocycles. The van der Waals surface area contributed by atoms with Crippen molar-refractivity contribution < 1.29 is 19.0 Å². The number of fused-ring (bicyclic) bond motifs is 5. The molecule has 1 saturated heterocycles. The maximum Gasteiger partial charge on any atom is 0.245 e. The smallest absolute Gasteiger partial charge is 0.245 e. The van der Waals surface area contributed by atoms with E-state index in [9.17, 15) is 4.79 Å². The second kappa shape index (κ2) is 6.78. The highest BCUT2D eigenvalue weighted by atomic mass is 79.9. The number of carbonyl (C=O) groups is 1. The van der Waals surface area contributed by atoms with E-state index in [2.05, 4.69) is 22.0 Å². The third kappa shape index (κ3) is 2.51. The Hall–Kier alpha value is -2.05. The van der Waals surface area contributed by atoms with Gasteiger partial charge < -0.3 is 19.1 Å². The Morgan fingerprint density at radius 1 is 1.07 bits per heavy atom. The number of carbonyl (C=O) groups excluding carboxylic acids is 1. The number of ether oxygens (including phenoxy) is 3. The zero-order chi connectivity index (χ0) is 19.3. The lowest BCUT2D eigenvalue weighted by Crippen LogP contribution is -2.41. The van der Waals surface area contributed by atoms with Crippen molar-refractivity contribution in [3.05, 3.63) is 51.5 Å². The van der Waals surface area contributed by atoms with Gasteiger partial charge in [-0.05, 0) is 36.6 Å². The predicted molar refractivity (Wildman–Crippen MR) is 110 cm³/mol. The van der Waals surface area contributed by atoms with E-state index in [0.717, 1.165) is 58.0 Å². The molecule has 1 atom stereocenters. The van der Waals surface area contributed by atoms with Gasteiger partial charge >= 0.3 is 0 Å². The van der Waals surface area contributed by atoms with Crippen LogP contribution in [0.25, 0.3) is 0 Å². The number of benzene rings is 2. The SMILES string of the molecule is C1CCOC1.CN1C(=O)C2(COc3cc4c(cc32)CCO4)c2c(Br)cccc21. The van der Waals surface area contributed by atoms with Crippen LogP contribution in [0.4, 0.5) is 5.69 Å². The first-order valence-electron chi connectivity index (χ1n) is 9.71. The number of nitrogens with zero attached hydrogens (tertiary/aromatic N) is 1. The molecule has 146 valence electrons. The Labute approximate surface area is 172 Å². The molecule has 4 heterocycles. The molecule has 0 saturated carbocycles. The zero-order valence-electron chi connectivity index (χ0n) is 15.8. The Morgan fingerprint density at radius 2 is 1.89 bits per heavy atom. The Bertz CT molecular complexity index is 948. The maximum atomic E-state index is 13.2.